The first-order valence-corrected chi connectivity index (χ1v) is 8.98. The van der Waals surface area contributed by atoms with E-state index >= 15 is 0 Å². The lowest BCUT2D eigenvalue weighted by Gasteiger charge is -2.05. The second-order valence-electron chi connectivity index (χ2n) is 5.45. The van der Waals surface area contributed by atoms with E-state index in [1.54, 1.807) is 4.57 Å². The zero-order valence-corrected chi connectivity index (χ0v) is 15.6. The molecule has 0 spiro atoms. The number of nitrogens with zero attached hydrogens (tertiary/aromatic N) is 1. The molecule has 0 saturated heterocycles. The van der Waals surface area contributed by atoms with Gasteiger partial charge in [0.05, 0.1) is 12.1 Å². The highest BCUT2D eigenvalue weighted by molar-refractivity contribution is 14.1. The molecule has 0 fully saturated rings. The van der Waals surface area contributed by atoms with Crippen LogP contribution in [0.15, 0.2) is 54.7 Å². The molecule has 24 heavy (non-hydrogen) atoms. The van der Waals surface area contributed by atoms with Crippen molar-refractivity contribution in [3.63, 3.8) is 0 Å². The number of aromatic nitrogens is 1. The van der Waals surface area contributed by atoms with Crippen LogP contribution in [0.25, 0.3) is 10.9 Å². The summed E-state index contributed by atoms with van der Waals surface area (Å²) in [4.78, 5) is 12.2. The number of nitrogens with one attached hydrogen (secondary N) is 1. The van der Waals surface area contributed by atoms with Crippen molar-refractivity contribution in [3.05, 3.63) is 69.4 Å². The number of rotatable bonds is 5. The fourth-order valence-electron chi connectivity index (χ4n) is 2.74. The molecule has 1 N–H and O–H groups in total. The normalized spacial score (nSPS) is 10.9. The van der Waals surface area contributed by atoms with Gasteiger partial charge in [-0.15, -0.1) is 0 Å². The van der Waals surface area contributed by atoms with Crippen LogP contribution in [0.1, 0.15) is 18.1 Å². The summed E-state index contributed by atoms with van der Waals surface area (Å²) < 4.78 is 7.89. The summed E-state index contributed by atoms with van der Waals surface area (Å²) in [5, 5.41) is 4.56. The molecule has 3 aromatic rings. The van der Waals surface area contributed by atoms with Crippen molar-refractivity contribution in [3.8, 4) is 0 Å². The minimum Gasteiger partial charge on any atom is -0.449 e. The monoisotopic (exact) mass is 434 g/mol. The van der Waals surface area contributed by atoms with E-state index in [-0.39, 0.29) is 6.09 Å². The molecule has 0 radical (unpaired) electrons. The number of benzene rings is 2. The van der Waals surface area contributed by atoms with Crippen molar-refractivity contribution in [2.24, 2.45) is 0 Å². The maximum absolute atomic E-state index is 12.2. The molecule has 0 unspecified atom stereocenters. The molecule has 5 heteroatoms. The van der Waals surface area contributed by atoms with Gasteiger partial charge in [0.2, 0.25) is 0 Å². The van der Waals surface area contributed by atoms with Crippen LogP contribution in [-0.4, -0.2) is 17.3 Å². The molecule has 4 nitrogen and oxygen atoms in total. The molecule has 2 aromatic carbocycles. The van der Waals surface area contributed by atoms with Gasteiger partial charge in [-0.25, -0.2) is 4.79 Å². The standard InChI is InChI=1S/C19H19IN2O2/c1-2-24-19(23)22-13-15(18-16(20)9-6-10-17(18)22)12-21-11-14-7-4-3-5-8-14/h3-10,13,21H,2,11-12H2,1H3. The lowest BCUT2D eigenvalue weighted by Crippen LogP contribution is -2.13. The third-order valence-electron chi connectivity index (χ3n) is 3.81. The van der Waals surface area contributed by atoms with E-state index in [1.807, 2.05) is 43.5 Å². The molecular weight excluding hydrogens is 415 g/mol. The van der Waals surface area contributed by atoms with Gasteiger partial charge in [0.25, 0.3) is 0 Å². The molecular formula is C19H19IN2O2. The molecule has 1 heterocycles. The van der Waals surface area contributed by atoms with Crippen LogP contribution in [0.3, 0.4) is 0 Å². The summed E-state index contributed by atoms with van der Waals surface area (Å²) >= 11 is 2.31. The van der Waals surface area contributed by atoms with Crippen LogP contribution in [0, 0.1) is 3.57 Å². The fourth-order valence-corrected chi connectivity index (χ4v) is 3.57. The van der Waals surface area contributed by atoms with Crippen molar-refractivity contribution in [1.29, 1.82) is 0 Å². The molecule has 0 saturated carbocycles. The minimum absolute atomic E-state index is 0.334. The van der Waals surface area contributed by atoms with Gasteiger partial charge in [0, 0.05) is 28.2 Å². The number of carbonyl (C=O) groups is 1. The first-order valence-electron chi connectivity index (χ1n) is 7.91. The molecule has 0 amide bonds. The van der Waals surface area contributed by atoms with Crippen LogP contribution < -0.4 is 5.32 Å². The van der Waals surface area contributed by atoms with Gasteiger partial charge in [-0.05, 0) is 52.8 Å². The fraction of sp³-hybridized carbons (Fsp3) is 0.211. The Bertz CT molecular complexity index is 843. The van der Waals surface area contributed by atoms with Crippen molar-refractivity contribution in [1.82, 2.24) is 9.88 Å². The Hall–Kier alpha value is -1.86. The van der Waals surface area contributed by atoms with Crippen molar-refractivity contribution < 1.29 is 9.53 Å². The first-order chi connectivity index (χ1) is 11.7. The predicted molar refractivity (Wildman–Crippen MR) is 104 cm³/mol. The summed E-state index contributed by atoms with van der Waals surface area (Å²) in [6, 6.07) is 16.2. The zero-order valence-electron chi connectivity index (χ0n) is 13.5. The molecule has 0 aliphatic carbocycles. The maximum Gasteiger partial charge on any atom is 0.418 e. The Balaban J connectivity index is 1.85. The molecule has 1 aromatic heterocycles. The second-order valence-corrected chi connectivity index (χ2v) is 6.61. The number of hydrogen-bond acceptors (Lipinski definition) is 3. The van der Waals surface area contributed by atoms with E-state index in [2.05, 4.69) is 46.1 Å². The quantitative estimate of drug-likeness (QED) is 0.600. The van der Waals surface area contributed by atoms with E-state index in [0.717, 1.165) is 26.6 Å². The summed E-state index contributed by atoms with van der Waals surface area (Å²) in [6.07, 6.45) is 1.54. The minimum atomic E-state index is -0.334. The lowest BCUT2D eigenvalue weighted by molar-refractivity contribution is 0.155. The molecule has 0 aliphatic heterocycles. The van der Waals surface area contributed by atoms with E-state index in [0.29, 0.717) is 13.2 Å². The Morgan fingerprint density at radius 3 is 2.67 bits per heavy atom. The Morgan fingerprint density at radius 2 is 1.92 bits per heavy atom. The van der Waals surface area contributed by atoms with Crippen LogP contribution in [0.4, 0.5) is 4.79 Å². The van der Waals surface area contributed by atoms with Gasteiger partial charge in [-0.3, -0.25) is 4.57 Å². The third kappa shape index (κ3) is 3.62. The number of ether oxygens (including phenoxy) is 1. The van der Waals surface area contributed by atoms with E-state index in [4.69, 9.17) is 4.74 Å². The summed E-state index contributed by atoms with van der Waals surface area (Å²) in [6.45, 7) is 3.66. The largest absolute Gasteiger partial charge is 0.449 e. The number of fused-ring (bicyclic) bond motifs is 1. The molecule has 0 bridgehead atoms. The average molecular weight is 434 g/mol. The lowest BCUT2D eigenvalue weighted by atomic mass is 10.1. The second kappa shape index (κ2) is 7.81. The van der Waals surface area contributed by atoms with Crippen molar-refractivity contribution in [2.75, 3.05) is 6.61 Å². The number of hydrogen-bond donors (Lipinski definition) is 1. The van der Waals surface area contributed by atoms with Crippen LogP contribution in [-0.2, 0) is 17.8 Å². The van der Waals surface area contributed by atoms with Gasteiger partial charge >= 0.3 is 6.09 Å². The SMILES string of the molecule is CCOC(=O)n1cc(CNCc2ccccc2)c2c(I)cccc21. The highest BCUT2D eigenvalue weighted by Gasteiger charge is 2.16. The van der Waals surface area contributed by atoms with Crippen LogP contribution >= 0.6 is 22.6 Å². The first kappa shape index (κ1) is 17.0. The summed E-state index contributed by atoms with van der Waals surface area (Å²) in [7, 11) is 0. The van der Waals surface area contributed by atoms with Gasteiger partial charge in [0.15, 0.2) is 0 Å². The highest BCUT2D eigenvalue weighted by Crippen LogP contribution is 2.27. The Labute approximate surface area is 155 Å². The predicted octanol–water partition coefficient (Wildman–Crippen LogP) is 4.54. The average Bonchev–Trinajstić information content (AvgIpc) is 2.96. The topological polar surface area (TPSA) is 43.3 Å². The van der Waals surface area contributed by atoms with E-state index in [1.165, 1.54) is 5.56 Å². The van der Waals surface area contributed by atoms with Gasteiger partial charge in [-0.1, -0.05) is 36.4 Å². The van der Waals surface area contributed by atoms with Gasteiger partial charge in [0.1, 0.15) is 0 Å². The van der Waals surface area contributed by atoms with Gasteiger partial charge in [-0.2, -0.15) is 0 Å². The Kier molecular flexibility index (Phi) is 5.52. The molecule has 0 atom stereocenters. The summed E-state index contributed by atoms with van der Waals surface area (Å²) in [5.74, 6) is 0. The highest BCUT2D eigenvalue weighted by atomic mass is 127. The van der Waals surface area contributed by atoms with E-state index < -0.39 is 0 Å². The number of carbonyl (C=O) groups excluding carboxylic acids is 1. The van der Waals surface area contributed by atoms with Crippen LogP contribution in [0.2, 0.25) is 0 Å². The molecule has 3 rings (SSSR count). The van der Waals surface area contributed by atoms with Crippen molar-refractivity contribution >= 4 is 39.6 Å². The molecule has 0 aliphatic rings. The maximum atomic E-state index is 12.2. The summed E-state index contributed by atoms with van der Waals surface area (Å²) in [5.41, 5.74) is 3.22. The third-order valence-corrected chi connectivity index (χ3v) is 4.71. The van der Waals surface area contributed by atoms with E-state index in [9.17, 15) is 4.79 Å². The molecule has 124 valence electrons. The van der Waals surface area contributed by atoms with Crippen molar-refractivity contribution in [2.45, 2.75) is 20.0 Å². The van der Waals surface area contributed by atoms with Crippen LogP contribution in [0.5, 0.6) is 0 Å². The Morgan fingerprint density at radius 1 is 1.12 bits per heavy atom. The zero-order chi connectivity index (χ0) is 16.9. The number of halogens is 1. The smallest absolute Gasteiger partial charge is 0.418 e. The van der Waals surface area contributed by atoms with Gasteiger partial charge < -0.3 is 10.1 Å².